The standard InChI is InChI=1S/C23H21Cl2NO4/c1-15-5-3-4-6-21(15)30-14-20-18(24)13-19(25)22(27)26(20)12-11-16-7-9-17(10-8-16)23(28)29-2/h3-10,13H,11-12,14H2,1-2H3. The number of para-hydroxylation sites is 1. The third-order valence-corrected chi connectivity index (χ3v) is 5.36. The van der Waals surface area contributed by atoms with Crippen molar-refractivity contribution in [3.8, 4) is 5.75 Å². The Balaban J connectivity index is 1.82. The molecule has 3 aromatic rings. The van der Waals surface area contributed by atoms with E-state index in [1.54, 1.807) is 12.1 Å². The predicted molar refractivity (Wildman–Crippen MR) is 118 cm³/mol. The highest BCUT2D eigenvalue weighted by molar-refractivity contribution is 6.34. The normalized spacial score (nSPS) is 10.7. The van der Waals surface area contributed by atoms with Crippen molar-refractivity contribution in [1.82, 2.24) is 4.57 Å². The van der Waals surface area contributed by atoms with Gasteiger partial charge in [0, 0.05) is 6.54 Å². The van der Waals surface area contributed by atoms with Crippen molar-refractivity contribution >= 4 is 29.2 Å². The summed E-state index contributed by atoms with van der Waals surface area (Å²) in [5.41, 5.74) is 2.64. The van der Waals surface area contributed by atoms with Gasteiger partial charge in [0.05, 0.1) is 23.4 Å². The Labute approximate surface area is 184 Å². The number of carbonyl (C=O) groups excluding carboxylic acids is 1. The van der Waals surface area contributed by atoms with Crippen molar-refractivity contribution in [3.63, 3.8) is 0 Å². The topological polar surface area (TPSA) is 57.5 Å². The fourth-order valence-electron chi connectivity index (χ4n) is 3.05. The Bertz CT molecular complexity index is 1110. The number of ether oxygens (including phenoxy) is 2. The number of pyridine rings is 1. The summed E-state index contributed by atoms with van der Waals surface area (Å²) in [5.74, 6) is 0.330. The molecule has 2 aromatic carbocycles. The minimum Gasteiger partial charge on any atom is -0.487 e. The van der Waals surface area contributed by atoms with Gasteiger partial charge in [0.25, 0.3) is 5.56 Å². The van der Waals surface area contributed by atoms with Crippen LogP contribution in [0.2, 0.25) is 10.0 Å². The third kappa shape index (κ3) is 5.04. The molecule has 0 aliphatic carbocycles. The van der Waals surface area contributed by atoms with E-state index in [0.717, 1.165) is 16.9 Å². The van der Waals surface area contributed by atoms with Crippen LogP contribution in [0.25, 0.3) is 0 Å². The van der Waals surface area contributed by atoms with Gasteiger partial charge in [-0.15, -0.1) is 0 Å². The summed E-state index contributed by atoms with van der Waals surface area (Å²) in [6.45, 7) is 2.45. The molecule has 7 heteroatoms. The lowest BCUT2D eigenvalue weighted by Gasteiger charge is -2.17. The minimum absolute atomic E-state index is 0.0562. The van der Waals surface area contributed by atoms with Crippen LogP contribution < -0.4 is 10.3 Å². The lowest BCUT2D eigenvalue weighted by atomic mass is 10.1. The molecule has 0 aliphatic heterocycles. The third-order valence-electron chi connectivity index (χ3n) is 4.76. The molecular formula is C23H21Cl2NO4. The van der Waals surface area contributed by atoms with Gasteiger partial charge in [0.1, 0.15) is 17.4 Å². The lowest BCUT2D eigenvalue weighted by Crippen LogP contribution is -2.26. The van der Waals surface area contributed by atoms with Crippen LogP contribution in [-0.2, 0) is 24.3 Å². The zero-order chi connectivity index (χ0) is 21.7. The molecular weight excluding hydrogens is 425 g/mol. The summed E-state index contributed by atoms with van der Waals surface area (Å²) < 4.78 is 12.2. The highest BCUT2D eigenvalue weighted by Crippen LogP contribution is 2.23. The van der Waals surface area contributed by atoms with Crippen LogP contribution in [0.4, 0.5) is 0 Å². The van der Waals surface area contributed by atoms with E-state index in [1.165, 1.54) is 17.7 Å². The predicted octanol–water partition coefficient (Wildman–Crippen LogP) is 5.07. The van der Waals surface area contributed by atoms with Crippen LogP contribution in [0.3, 0.4) is 0 Å². The van der Waals surface area contributed by atoms with Gasteiger partial charge >= 0.3 is 5.97 Å². The maximum Gasteiger partial charge on any atom is 0.337 e. The maximum atomic E-state index is 12.7. The summed E-state index contributed by atoms with van der Waals surface area (Å²) >= 11 is 12.5. The van der Waals surface area contributed by atoms with E-state index in [1.807, 2.05) is 43.3 Å². The Morgan fingerprint density at radius 1 is 1.03 bits per heavy atom. The first-order valence-electron chi connectivity index (χ1n) is 9.34. The summed E-state index contributed by atoms with van der Waals surface area (Å²) in [6, 6.07) is 16.1. The molecule has 1 aromatic heterocycles. The van der Waals surface area contributed by atoms with E-state index < -0.39 is 5.97 Å². The van der Waals surface area contributed by atoms with Crippen molar-refractivity contribution in [2.45, 2.75) is 26.5 Å². The van der Waals surface area contributed by atoms with Crippen LogP contribution in [-0.4, -0.2) is 17.6 Å². The molecule has 0 saturated heterocycles. The minimum atomic E-state index is -0.393. The first-order chi connectivity index (χ1) is 14.4. The molecule has 0 fully saturated rings. The molecule has 0 N–H and O–H groups in total. The van der Waals surface area contributed by atoms with E-state index in [9.17, 15) is 9.59 Å². The van der Waals surface area contributed by atoms with Crippen LogP contribution in [0.1, 0.15) is 27.2 Å². The number of esters is 1. The summed E-state index contributed by atoms with van der Waals surface area (Å²) in [4.78, 5) is 24.2. The van der Waals surface area contributed by atoms with E-state index in [2.05, 4.69) is 0 Å². The van der Waals surface area contributed by atoms with Crippen molar-refractivity contribution in [2.24, 2.45) is 0 Å². The number of hydrogen-bond acceptors (Lipinski definition) is 4. The number of nitrogens with zero attached hydrogens (tertiary/aromatic N) is 1. The van der Waals surface area contributed by atoms with Gasteiger partial charge in [0.2, 0.25) is 0 Å². The molecule has 3 rings (SSSR count). The number of aryl methyl sites for hydroxylation is 2. The van der Waals surface area contributed by atoms with Crippen LogP contribution in [0.5, 0.6) is 5.75 Å². The van der Waals surface area contributed by atoms with E-state index in [-0.39, 0.29) is 17.2 Å². The first-order valence-corrected chi connectivity index (χ1v) is 10.1. The van der Waals surface area contributed by atoms with E-state index in [4.69, 9.17) is 32.7 Å². The Morgan fingerprint density at radius 2 is 1.73 bits per heavy atom. The van der Waals surface area contributed by atoms with E-state index in [0.29, 0.717) is 29.2 Å². The molecule has 1 heterocycles. The number of carbonyl (C=O) groups is 1. The monoisotopic (exact) mass is 445 g/mol. The quantitative estimate of drug-likeness (QED) is 0.476. The second-order valence-electron chi connectivity index (χ2n) is 6.74. The number of hydrogen-bond donors (Lipinski definition) is 0. The highest BCUT2D eigenvalue weighted by Gasteiger charge is 2.14. The lowest BCUT2D eigenvalue weighted by molar-refractivity contribution is 0.0600. The number of methoxy groups -OCH3 is 1. The summed E-state index contributed by atoms with van der Waals surface area (Å²) in [6.07, 6.45) is 0.551. The van der Waals surface area contributed by atoms with Crippen molar-refractivity contribution in [3.05, 3.63) is 97.4 Å². The van der Waals surface area contributed by atoms with Gasteiger partial charge in [-0.1, -0.05) is 53.5 Å². The molecule has 5 nitrogen and oxygen atoms in total. The molecule has 0 amide bonds. The van der Waals surface area contributed by atoms with E-state index >= 15 is 0 Å². The first kappa shape index (κ1) is 21.9. The van der Waals surface area contributed by atoms with Gasteiger partial charge in [-0.05, 0) is 48.7 Å². The molecule has 30 heavy (non-hydrogen) atoms. The molecule has 0 atom stereocenters. The second-order valence-corrected chi connectivity index (χ2v) is 7.55. The fraction of sp³-hybridized carbons (Fsp3) is 0.217. The molecule has 0 saturated carbocycles. The molecule has 156 valence electrons. The Kier molecular flexibility index (Phi) is 7.19. The highest BCUT2D eigenvalue weighted by atomic mass is 35.5. The number of halogens is 2. The summed E-state index contributed by atoms with van der Waals surface area (Å²) in [5, 5.41) is 0.426. The number of aromatic nitrogens is 1. The molecule has 0 aliphatic rings. The van der Waals surface area contributed by atoms with Crippen molar-refractivity contribution in [2.75, 3.05) is 7.11 Å². The van der Waals surface area contributed by atoms with Crippen molar-refractivity contribution < 1.29 is 14.3 Å². The molecule has 0 bridgehead atoms. The van der Waals surface area contributed by atoms with Crippen LogP contribution in [0, 0.1) is 6.92 Å². The van der Waals surface area contributed by atoms with Gasteiger partial charge in [0.15, 0.2) is 0 Å². The second kappa shape index (κ2) is 9.83. The average Bonchev–Trinajstić information content (AvgIpc) is 2.75. The molecule has 0 radical (unpaired) electrons. The Hall–Kier alpha value is -2.76. The molecule has 0 unspecified atom stereocenters. The fourth-order valence-corrected chi connectivity index (χ4v) is 3.58. The van der Waals surface area contributed by atoms with Gasteiger partial charge in [-0.25, -0.2) is 4.79 Å². The zero-order valence-electron chi connectivity index (χ0n) is 16.7. The van der Waals surface area contributed by atoms with Gasteiger partial charge in [-0.3, -0.25) is 4.79 Å². The number of benzene rings is 2. The zero-order valence-corrected chi connectivity index (χ0v) is 18.2. The average molecular weight is 446 g/mol. The SMILES string of the molecule is COC(=O)c1ccc(CCn2c(COc3ccccc3C)c(Cl)cc(Cl)c2=O)cc1. The van der Waals surface area contributed by atoms with Crippen LogP contribution in [0.15, 0.2) is 59.4 Å². The maximum absolute atomic E-state index is 12.7. The largest absolute Gasteiger partial charge is 0.487 e. The Morgan fingerprint density at radius 3 is 2.40 bits per heavy atom. The van der Waals surface area contributed by atoms with Gasteiger partial charge in [-0.2, -0.15) is 0 Å². The molecule has 0 spiro atoms. The van der Waals surface area contributed by atoms with Crippen LogP contribution >= 0.6 is 23.2 Å². The smallest absolute Gasteiger partial charge is 0.337 e. The number of rotatable bonds is 7. The van der Waals surface area contributed by atoms with Gasteiger partial charge < -0.3 is 14.0 Å². The summed E-state index contributed by atoms with van der Waals surface area (Å²) in [7, 11) is 1.34. The van der Waals surface area contributed by atoms with Crippen molar-refractivity contribution in [1.29, 1.82) is 0 Å².